The average Bonchev–Trinajstić information content (AvgIpc) is 3.26. The van der Waals surface area contributed by atoms with Gasteiger partial charge < -0.3 is 28.4 Å². The van der Waals surface area contributed by atoms with E-state index in [0.717, 1.165) is 26.8 Å². The molecule has 0 fully saturated rings. The van der Waals surface area contributed by atoms with Crippen molar-refractivity contribution in [3.05, 3.63) is 153 Å². The fraction of sp³-hybridized carbons (Fsp3) is 0. The summed E-state index contributed by atoms with van der Waals surface area (Å²) < 4.78 is 49.3. The van der Waals surface area contributed by atoms with E-state index < -0.39 is 0 Å². The third-order valence-corrected chi connectivity index (χ3v) is 17.9. The molecule has 0 radical (unpaired) electrons. The van der Waals surface area contributed by atoms with Crippen LogP contribution in [0.5, 0.6) is 70.6 Å². The molecule has 0 aliphatic heterocycles. The SMILES string of the molecule is Brc1cc(Br)c(Oc2nc(Oc3c(Br)cc(Br)cc3Br)nc(Oc3c(Br)cc(Br)cc3Br)n2)c(Br)c1.Brc1cc(Br)c(Oc2nc(Oc3c(Br)cc(Br)cc3Br)nc(Oc3c(Br)cc(Br)cc3Br)n2)c(Br)c1. The van der Waals surface area contributed by atoms with E-state index in [2.05, 4.69) is 317 Å². The van der Waals surface area contributed by atoms with Crippen LogP contribution in [-0.2, 0) is 0 Å². The van der Waals surface area contributed by atoms with Crippen LogP contribution >= 0.6 is 287 Å². The third kappa shape index (κ3) is 16.4. The Morgan fingerprint density at radius 3 is 0.375 bits per heavy atom. The number of rotatable bonds is 12. The molecule has 30 heteroatoms. The number of nitrogens with zero attached hydrogens (tertiary/aromatic N) is 6. The van der Waals surface area contributed by atoms with Gasteiger partial charge in [0.25, 0.3) is 0 Å². The first-order valence-corrected chi connectivity index (χ1v) is 32.7. The van der Waals surface area contributed by atoms with Crippen molar-refractivity contribution in [3.8, 4) is 70.6 Å². The Kier molecular flexibility index (Phi) is 22.9. The van der Waals surface area contributed by atoms with Crippen LogP contribution < -0.4 is 28.4 Å². The van der Waals surface area contributed by atoms with Gasteiger partial charge in [-0.15, -0.1) is 29.9 Å². The molecule has 6 aromatic carbocycles. The topological polar surface area (TPSA) is 133 Å². The Balaban J connectivity index is 0.000000211. The Hall–Kier alpha value is 0.780. The minimum atomic E-state index is -0.0487. The lowest BCUT2D eigenvalue weighted by Crippen LogP contribution is -2.03. The predicted octanol–water partition coefficient (Wildman–Crippen LogP) is 24.2. The van der Waals surface area contributed by atoms with E-state index in [9.17, 15) is 0 Å². The van der Waals surface area contributed by atoms with Crippen LogP contribution in [0.15, 0.2) is 153 Å². The Bertz CT molecular complexity index is 2680. The molecule has 0 N–H and O–H groups in total. The van der Waals surface area contributed by atoms with Crippen LogP contribution in [0.2, 0.25) is 0 Å². The Morgan fingerprint density at radius 2 is 0.278 bits per heavy atom. The van der Waals surface area contributed by atoms with E-state index in [4.69, 9.17) is 28.4 Å². The minimum Gasteiger partial charge on any atom is -0.422 e. The second-order valence-electron chi connectivity index (χ2n) is 13.2. The molecule has 12 nitrogen and oxygen atoms in total. The van der Waals surface area contributed by atoms with E-state index in [1.807, 2.05) is 72.8 Å². The van der Waals surface area contributed by atoms with Gasteiger partial charge in [0.2, 0.25) is 0 Å². The van der Waals surface area contributed by atoms with Gasteiger partial charge in [-0.2, -0.15) is 0 Å². The van der Waals surface area contributed by atoms with Crippen molar-refractivity contribution in [1.82, 2.24) is 29.9 Å². The van der Waals surface area contributed by atoms with E-state index in [1.165, 1.54) is 0 Å². The third-order valence-electron chi connectivity index (χ3n) is 8.09. The van der Waals surface area contributed by atoms with E-state index in [-0.39, 0.29) is 36.1 Å². The Labute approximate surface area is 559 Å². The molecule has 2 aromatic heterocycles. The summed E-state index contributed by atoms with van der Waals surface area (Å²) in [5, 5.41) is 0. The fourth-order valence-corrected chi connectivity index (χ4v) is 19.7. The molecule has 372 valence electrons. The lowest BCUT2D eigenvalue weighted by molar-refractivity contribution is 0.357. The molecular weight excluding hydrogens is 2120 g/mol. The van der Waals surface area contributed by atoms with E-state index in [0.29, 0.717) is 88.2 Å². The maximum atomic E-state index is 6.01. The van der Waals surface area contributed by atoms with Crippen LogP contribution in [-0.4, -0.2) is 29.9 Å². The molecule has 0 atom stereocenters. The minimum absolute atomic E-state index is 0.0487. The maximum absolute atomic E-state index is 6.01. The van der Waals surface area contributed by atoms with Crippen molar-refractivity contribution in [2.75, 3.05) is 0 Å². The van der Waals surface area contributed by atoms with Crippen molar-refractivity contribution in [2.24, 2.45) is 0 Å². The van der Waals surface area contributed by atoms with Crippen molar-refractivity contribution in [3.63, 3.8) is 0 Å². The first kappa shape index (κ1) is 60.4. The number of hydrogen-bond donors (Lipinski definition) is 0. The average molecular weight is 2130 g/mol. The number of halogens is 18. The second-order valence-corrected chi connectivity index (χ2v) is 28.9. The molecule has 8 rings (SSSR count). The predicted molar refractivity (Wildman–Crippen MR) is 337 cm³/mol. The molecule has 2 heterocycles. The van der Waals surface area contributed by atoms with Gasteiger partial charge >= 0.3 is 36.1 Å². The quantitative estimate of drug-likeness (QED) is 0.115. The number of benzene rings is 6. The van der Waals surface area contributed by atoms with Gasteiger partial charge in [0, 0.05) is 26.8 Å². The zero-order valence-corrected chi connectivity index (χ0v) is 62.4. The van der Waals surface area contributed by atoms with Gasteiger partial charge in [0.15, 0.2) is 34.5 Å². The van der Waals surface area contributed by atoms with Gasteiger partial charge in [-0.05, 0) is 264 Å². The first-order chi connectivity index (χ1) is 34.0. The van der Waals surface area contributed by atoms with Gasteiger partial charge in [0.1, 0.15) is 0 Å². The summed E-state index contributed by atoms with van der Waals surface area (Å²) >= 11 is 62.7. The van der Waals surface area contributed by atoms with Crippen molar-refractivity contribution < 1.29 is 28.4 Å². The highest BCUT2D eigenvalue weighted by atomic mass is 79.9. The van der Waals surface area contributed by atoms with E-state index >= 15 is 0 Å². The first-order valence-electron chi connectivity index (χ1n) is 18.5. The molecule has 0 unspecified atom stereocenters. The lowest BCUT2D eigenvalue weighted by atomic mass is 10.3. The maximum Gasteiger partial charge on any atom is 0.331 e. The summed E-state index contributed by atoms with van der Waals surface area (Å²) in [6.45, 7) is 0. The van der Waals surface area contributed by atoms with Crippen molar-refractivity contribution >= 4 is 287 Å². The number of hydrogen-bond acceptors (Lipinski definition) is 12. The van der Waals surface area contributed by atoms with Gasteiger partial charge in [-0.1, -0.05) is 95.6 Å². The highest BCUT2D eigenvalue weighted by molar-refractivity contribution is 9.14. The molecule has 0 bridgehead atoms. The highest BCUT2D eigenvalue weighted by Gasteiger charge is 2.22. The standard InChI is InChI=1S/2C21H6Br9N3O3/c2*22-7-1-10(25)16(11(26)2-7)34-19-31-20(35-17-12(27)3-8(23)4-13(17)28)33-21(32-19)36-18-14(29)5-9(24)6-15(18)30/h2*1-6H. The molecule has 72 heavy (non-hydrogen) atoms. The number of aromatic nitrogens is 6. The smallest absolute Gasteiger partial charge is 0.331 e. The molecule has 0 saturated heterocycles. The molecule has 0 amide bonds. The summed E-state index contributed by atoms with van der Waals surface area (Å²) in [6.07, 6.45) is 0. The molecule has 0 aliphatic carbocycles. The van der Waals surface area contributed by atoms with E-state index in [1.54, 1.807) is 0 Å². The zero-order chi connectivity index (χ0) is 52.3. The Morgan fingerprint density at radius 1 is 0.181 bits per heavy atom. The monoisotopic (exact) mass is 2120 g/mol. The van der Waals surface area contributed by atoms with Crippen LogP contribution in [0.1, 0.15) is 0 Å². The fourth-order valence-electron chi connectivity index (χ4n) is 5.22. The summed E-state index contributed by atoms with van der Waals surface area (Å²) in [4.78, 5) is 26.1. The van der Waals surface area contributed by atoms with Gasteiger partial charge in [-0.25, -0.2) is 0 Å². The summed E-state index contributed by atoms with van der Waals surface area (Å²) in [5.41, 5.74) is 0. The summed E-state index contributed by atoms with van der Waals surface area (Å²) in [5.74, 6) is 2.74. The molecule has 0 spiro atoms. The largest absolute Gasteiger partial charge is 0.422 e. The van der Waals surface area contributed by atoms with Gasteiger partial charge in [-0.3, -0.25) is 0 Å². The lowest BCUT2D eigenvalue weighted by Gasteiger charge is -2.14. The van der Waals surface area contributed by atoms with Crippen LogP contribution in [0, 0.1) is 0 Å². The molecular formula is C42H12Br18N6O6. The van der Waals surface area contributed by atoms with Gasteiger partial charge in [0.05, 0.1) is 53.7 Å². The van der Waals surface area contributed by atoms with Crippen molar-refractivity contribution in [1.29, 1.82) is 0 Å². The van der Waals surface area contributed by atoms with Crippen LogP contribution in [0.4, 0.5) is 0 Å². The second kappa shape index (κ2) is 27.3. The normalized spacial score (nSPS) is 10.9. The molecule has 0 saturated carbocycles. The van der Waals surface area contributed by atoms with Crippen LogP contribution in [0.3, 0.4) is 0 Å². The molecule has 8 aromatic rings. The zero-order valence-electron chi connectivity index (χ0n) is 33.9. The van der Waals surface area contributed by atoms with Crippen molar-refractivity contribution in [2.45, 2.75) is 0 Å². The number of ether oxygens (including phenoxy) is 6. The summed E-state index contributed by atoms with van der Waals surface area (Å²) in [7, 11) is 0. The van der Waals surface area contributed by atoms with Crippen LogP contribution in [0.25, 0.3) is 0 Å². The highest BCUT2D eigenvalue weighted by Crippen LogP contribution is 2.46. The summed E-state index contributed by atoms with van der Waals surface area (Å²) in [6, 6.07) is 21.7. The molecule has 0 aliphatic rings.